The van der Waals surface area contributed by atoms with Gasteiger partial charge in [-0.1, -0.05) is 0 Å². The molecule has 0 unspecified atom stereocenters. The summed E-state index contributed by atoms with van der Waals surface area (Å²) in [4.78, 5) is 3.94. The fourth-order valence-electron chi connectivity index (χ4n) is 1.44. The van der Waals surface area contributed by atoms with Crippen molar-refractivity contribution >= 4 is 5.82 Å². The van der Waals surface area contributed by atoms with Crippen molar-refractivity contribution in [3.63, 3.8) is 0 Å². The van der Waals surface area contributed by atoms with Crippen LogP contribution in [0.1, 0.15) is 18.5 Å². The molecule has 0 amide bonds. The van der Waals surface area contributed by atoms with Gasteiger partial charge in [-0.3, -0.25) is 4.68 Å². The number of aromatic nitrogens is 3. The molecule has 0 aromatic carbocycles. The third-order valence-corrected chi connectivity index (χ3v) is 2.34. The van der Waals surface area contributed by atoms with E-state index in [2.05, 4.69) is 15.4 Å². The number of aryl methyl sites for hydroxylation is 1. The average Bonchev–Trinajstić information content (AvgIpc) is 2.68. The van der Waals surface area contributed by atoms with E-state index in [0.717, 1.165) is 5.56 Å². The zero-order chi connectivity index (χ0) is 11.5. The highest BCUT2D eigenvalue weighted by Gasteiger charge is 2.10. The Hall–Kier alpha value is -1.91. The lowest BCUT2D eigenvalue weighted by molar-refractivity contribution is 0.621. The lowest BCUT2D eigenvalue weighted by atomic mass is 10.2. The summed E-state index contributed by atoms with van der Waals surface area (Å²) >= 11 is 0. The first-order valence-corrected chi connectivity index (χ1v) is 5.02. The van der Waals surface area contributed by atoms with Crippen molar-refractivity contribution < 1.29 is 4.39 Å². The second-order valence-electron chi connectivity index (χ2n) is 3.65. The smallest absolute Gasteiger partial charge is 0.165 e. The number of pyridine rings is 1. The Kier molecular flexibility index (Phi) is 2.85. The number of hydrogen-bond donors (Lipinski definition) is 1. The first kappa shape index (κ1) is 10.6. The van der Waals surface area contributed by atoms with Gasteiger partial charge in [0.2, 0.25) is 0 Å². The molecule has 1 atom stereocenters. The van der Waals surface area contributed by atoms with Gasteiger partial charge in [0.05, 0.1) is 12.2 Å². The molecular formula is C11H13FN4. The Morgan fingerprint density at radius 2 is 2.31 bits per heavy atom. The summed E-state index contributed by atoms with van der Waals surface area (Å²) in [5.74, 6) is -0.0860. The number of halogens is 1. The molecule has 0 aliphatic heterocycles. The maximum absolute atomic E-state index is 13.3. The van der Waals surface area contributed by atoms with E-state index in [9.17, 15) is 4.39 Å². The Balaban J connectivity index is 2.13. The van der Waals surface area contributed by atoms with Crippen LogP contribution in [0.15, 0.2) is 30.7 Å². The molecule has 0 spiro atoms. The van der Waals surface area contributed by atoms with E-state index in [4.69, 9.17) is 0 Å². The van der Waals surface area contributed by atoms with Gasteiger partial charge >= 0.3 is 0 Å². The van der Waals surface area contributed by atoms with Crippen LogP contribution in [0.2, 0.25) is 0 Å². The van der Waals surface area contributed by atoms with Crippen molar-refractivity contribution in [2.75, 3.05) is 5.32 Å². The Bertz CT molecular complexity index is 480. The zero-order valence-corrected chi connectivity index (χ0v) is 9.18. The summed E-state index contributed by atoms with van der Waals surface area (Å²) in [5, 5.41) is 7.06. The third kappa shape index (κ3) is 2.18. The van der Waals surface area contributed by atoms with E-state index in [-0.39, 0.29) is 17.7 Å². The summed E-state index contributed by atoms with van der Waals surface area (Å²) in [6.07, 6.45) is 5.19. The van der Waals surface area contributed by atoms with E-state index in [1.165, 1.54) is 6.07 Å². The number of hydrogen-bond acceptors (Lipinski definition) is 3. The van der Waals surface area contributed by atoms with Gasteiger partial charge < -0.3 is 5.32 Å². The van der Waals surface area contributed by atoms with Gasteiger partial charge in [0.25, 0.3) is 0 Å². The minimum absolute atomic E-state index is 0.0295. The maximum atomic E-state index is 13.3. The van der Waals surface area contributed by atoms with Gasteiger partial charge in [-0.25, -0.2) is 9.37 Å². The van der Waals surface area contributed by atoms with E-state index in [0.29, 0.717) is 0 Å². The van der Waals surface area contributed by atoms with E-state index in [1.807, 2.05) is 20.2 Å². The monoisotopic (exact) mass is 220 g/mol. The molecule has 0 fully saturated rings. The average molecular weight is 220 g/mol. The van der Waals surface area contributed by atoms with Crippen LogP contribution in [-0.2, 0) is 7.05 Å². The lowest BCUT2D eigenvalue weighted by Gasteiger charge is -2.12. The van der Waals surface area contributed by atoms with Gasteiger partial charge in [0, 0.05) is 25.0 Å². The second kappa shape index (κ2) is 4.30. The van der Waals surface area contributed by atoms with Crippen LogP contribution in [0.4, 0.5) is 10.2 Å². The number of nitrogens with zero attached hydrogens (tertiary/aromatic N) is 3. The maximum Gasteiger partial charge on any atom is 0.165 e. The normalized spacial score (nSPS) is 12.4. The summed E-state index contributed by atoms with van der Waals surface area (Å²) in [6.45, 7) is 1.94. The molecule has 4 nitrogen and oxygen atoms in total. The Labute approximate surface area is 93.1 Å². The van der Waals surface area contributed by atoms with Crippen LogP contribution >= 0.6 is 0 Å². The zero-order valence-electron chi connectivity index (χ0n) is 9.18. The molecule has 1 N–H and O–H groups in total. The molecule has 0 aliphatic carbocycles. The molecule has 16 heavy (non-hydrogen) atoms. The fourth-order valence-corrected chi connectivity index (χ4v) is 1.44. The van der Waals surface area contributed by atoms with E-state index < -0.39 is 0 Å². The van der Waals surface area contributed by atoms with Crippen molar-refractivity contribution in [2.24, 2.45) is 7.05 Å². The third-order valence-electron chi connectivity index (χ3n) is 2.34. The van der Waals surface area contributed by atoms with Gasteiger partial charge in [-0.05, 0) is 19.1 Å². The van der Waals surface area contributed by atoms with Crippen LogP contribution in [0.5, 0.6) is 0 Å². The predicted octanol–water partition coefficient (Wildman–Crippen LogP) is 2.13. The number of nitrogens with one attached hydrogen (secondary N) is 1. The van der Waals surface area contributed by atoms with Crippen molar-refractivity contribution in [1.82, 2.24) is 14.8 Å². The van der Waals surface area contributed by atoms with Gasteiger partial charge in [-0.15, -0.1) is 0 Å². The topological polar surface area (TPSA) is 42.7 Å². The Morgan fingerprint density at radius 3 is 2.94 bits per heavy atom. The standard InChI is InChI=1S/C11H13FN4/c1-8(9-6-14-16(2)7-9)15-11-10(12)4-3-5-13-11/h3-8H,1-2H3,(H,13,15)/t8-/m0/s1. The van der Waals surface area contributed by atoms with Gasteiger partial charge in [0.1, 0.15) is 0 Å². The van der Waals surface area contributed by atoms with Crippen LogP contribution in [-0.4, -0.2) is 14.8 Å². The summed E-state index contributed by atoms with van der Waals surface area (Å²) < 4.78 is 15.0. The van der Waals surface area contributed by atoms with Crippen LogP contribution in [0.3, 0.4) is 0 Å². The minimum atomic E-state index is -0.349. The quantitative estimate of drug-likeness (QED) is 0.861. The molecule has 0 saturated heterocycles. The first-order valence-electron chi connectivity index (χ1n) is 5.02. The highest BCUT2D eigenvalue weighted by Crippen LogP contribution is 2.18. The SMILES string of the molecule is C[C@H](Nc1ncccc1F)c1cnn(C)c1. The molecule has 2 rings (SSSR count). The highest BCUT2D eigenvalue weighted by molar-refractivity contribution is 5.38. The molecule has 0 radical (unpaired) electrons. The van der Waals surface area contributed by atoms with Crippen molar-refractivity contribution in [1.29, 1.82) is 0 Å². The molecule has 2 aromatic heterocycles. The predicted molar refractivity (Wildman–Crippen MR) is 59.4 cm³/mol. The van der Waals surface area contributed by atoms with Gasteiger partial charge in [0.15, 0.2) is 11.6 Å². The second-order valence-corrected chi connectivity index (χ2v) is 3.65. The van der Waals surface area contributed by atoms with Crippen LogP contribution in [0.25, 0.3) is 0 Å². The largest absolute Gasteiger partial charge is 0.361 e. The van der Waals surface area contributed by atoms with Crippen molar-refractivity contribution in [3.8, 4) is 0 Å². The molecule has 0 saturated carbocycles. The lowest BCUT2D eigenvalue weighted by Crippen LogP contribution is -2.08. The first-order chi connectivity index (χ1) is 7.66. The molecule has 0 aliphatic rings. The fraction of sp³-hybridized carbons (Fsp3) is 0.273. The van der Waals surface area contributed by atoms with Crippen molar-refractivity contribution in [2.45, 2.75) is 13.0 Å². The molecule has 84 valence electrons. The summed E-state index contributed by atoms with van der Waals surface area (Å²) in [6, 6.07) is 2.92. The molecule has 2 heterocycles. The van der Waals surface area contributed by atoms with Crippen LogP contribution in [0, 0.1) is 5.82 Å². The van der Waals surface area contributed by atoms with Gasteiger partial charge in [-0.2, -0.15) is 5.10 Å². The molecule has 2 aromatic rings. The van der Waals surface area contributed by atoms with Crippen LogP contribution < -0.4 is 5.32 Å². The molecular weight excluding hydrogens is 207 g/mol. The minimum Gasteiger partial charge on any atom is -0.361 e. The van der Waals surface area contributed by atoms with E-state index in [1.54, 1.807) is 23.1 Å². The van der Waals surface area contributed by atoms with Crippen molar-refractivity contribution in [3.05, 3.63) is 42.1 Å². The summed E-state index contributed by atoms with van der Waals surface area (Å²) in [7, 11) is 1.84. The number of rotatable bonds is 3. The molecule has 0 bridgehead atoms. The number of anilines is 1. The van der Waals surface area contributed by atoms with E-state index >= 15 is 0 Å². The molecule has 5 heteroatoms. The highest BCUT2D eigenvalue weighted by atomic mass is 19.1. The Morgan fingerprint density at radius 1 is 1.50 bits per heavy atom. The summed E-state index contributed by atoms with van der Waals surface area (Å²) in [5.41, 5.74) is 0.993.